The number of aromatic nitrogens is 2. The average Bonchev–Trinajstić information content (AvgIpc) is 3.01. The van der Waals surface area contributed by atoms with Gasteiger partial charge in [0, 0.05) is 11.4 Å². The van der Waals surface area contributed by atoms with Gasteiger partial charge in [-0.15, -0.1) is 11.3 Å². The van der Waals surface area contributed by atoms with Crippen molar-refractivity contribution in [3.05, 3.63) is 33.0 Å². The number of thiophene rings is 1. The van der Waals surface area contributed by atoms with Gasteiger partial charge >= 0.3 is 5.97 Å². The Labute approximate surface area is 177 Å². The molecule has 2 aromatic heterocycles. The fourth-order valence-electron chi connectivity index (χ4n) is 3.24. The van der Waals surface area contributed by atoms with Gasteiger partial charge in [-0.05, 0) is 57.6 Å². The molecule has 0 aliphatic heterocycles. The Morgan fingerprint density at radius 2 is 2.03 bits per heavy atom. The van der Waals surface area contributed by atoms with Crippen LogP contribution in [0.4, 0.5) is 5.00 Å². The van der Waals surface area contributed by atoms with Crippen LogP contribution < -0.4 is 5.32 Å². The van der Waals surface area contributed by atoms with E-state index < -0.39 is 5.97 Å². The molecule has 2 heterocycles. The minimum atomic E-state index is -0.487. The second kappa shape index (κ2) is 9.37. The molecule has 1 amide bonds. The molecule has 0 unspecified atom stereocenters. The molecule has 3 rings (SSSR count). The van der Waals surface area contributed by atoms with Gasteiger partial charge in [0.05, 0.1) is 17.9 Å². The van der Waals surface area contributed by atoms with Crippen LogP contribution in [0.15, 0.2) is 5.16 Å². The molecule has 9 heteroatoms. The first kappa shape index (κ1) is 21.3. The van der Waals surface area contributed by atoms with Gasteiger partial charge in [0.15, 0.2) is 5.16 Å². The highest BCUT2D eigenvalue weighted by molar-refractivity contribution is 7.99. The van der Waals surface area contributed by atoms with Gasteiger partial charge in [-0.3, -0.25) is 4.79 Å². The van der Waals surface area contributed by atoms with Gasteiger partial charge in [-0.25, -0.2) is 14.8 Å². The molecule has 0 saturated heterocycles. The van der Waals surface area contributed by atoms with E-state index in [0.29, 0.717) is 20.6 Å². The molecule has 2 aromatic rings. The fourth-order valence-corrected chi connectivity index (χ4v) is 5.01. The first-order valence-electron chi connectivity index (χ1n) is 9.44. The first-order chi connectivity index (χ1) is 13.9. The monoisotopic (exact) mass is 430 g/mol. The fraction of sp³-hybridized carbons (Fsp3) is 0.450. The van der Waals surface area contributed by atoms with Gasteiger partial charge < -0.3 is 10.1 Å². The van der Waals surface area contributed by atoms with E-state index in [1.54, 1.807) is 13.8 Å². The smallest absolute Gasteiger partial charge is 0.348 e. The standard InChI is InChI=1S/C20H22N4O3S2/c1-4-27-19(26)17-11(2)14(9-21)18(29-17)24-16(25)10-28-20-22-12(3)13-7-5-6-8-15(13)23-20/h4-8,10H2,1-3H3,(H,24,25). The Balaban J connectivity index is 1.69. The molecule has 1 N–H and O–H groups in total. The van der Waals surface area contributed by atoms with Crippen molar-refractivity contribution in [2.75, 3.05) is 17.7 Å². The van der Waals surface area contributed by atoms with Crippen molar-refractivity contribution in [3.8, 4) is 6.07 Å². The molecule has 0 fully saturated rings. The SMILES string of the molecule is CCOC(=O)c1sc(NC(=O)CSc2nc(C)c3c(n2)CCCC3)c(C#N)c1C. The molecule has 1 aliphatic rings. The van der Waals surface area contributed by atoms with E-state index >= 15 is 0 Å². The second-order valence-electron chi connectivity index (χ2n) is 6.65. The minimum absolute atomic E-state index is 0.120. The van der Waals surface area contributed by atoms with Crippen LogP contribution in [0.2, 0.25) is 0 Å². The number of fused-ring (bicyclic) bond motifs is 1. The maximum atomic E-state index is 12.4. The molecule has 0 atom stereocenters. The van der Waals surface area contributed by atoms with E-state index in [9.17, 15) is 14.9 Å². The Morgan fingerprint density at radius 1 is 1.28 bits per heavy atom. The summed E-state index contributed by atoms with van der Waals surface area (Å²) in [4.78, 5) is 33.9. The highest BCUT2D eigenvalue weighted by Crippen LogP contribution is 2.33. The Hall–Kier alpha value is -2.44. The normalized spacial score (nSPS) is 12.8. The zero-order chi connectivity index (χ0) is 21.0. The summed E-state index contributed by atoms with van der Waals surface area (Å²) in [5, 5.41) is 13.1. The number of nitrogens with zero attached hydrogens (tertiary/aromatic N) is 3. The minimum Gasteiger partial charge on any atom is -0.462 e. The van der Waals surface area contributed by atoms with E-state index in [1.807, 2.05) is 6.92 Å². The van der Waals surface area contributed by atoms with Crippen molar-refractivity contribution in [3.63, 3.8) is 0 Å². The number of nitriles is 1. The Kier molecular flexibility index (Phi) is 6.87. The summed E-state index contributed by atoms with van der Waals surface area (Å²) in [6.07, 6.45) is 4.27. The lowest BCUT2D eigenvalue weighted by molar-refractivity contribution is -0.113. The molecular formula is C20H22N4O3S2. The number of ether oxygens (including phenoxy) is 1. The van der Waals surface area contributed by atoms with E-state index in [1.165, 1.54) is 23.7 Å². The number of amides is 1. The van der Waals surface area contributed by atoms with Crippen molar-refractivity contribution in [1.29, 1.82) is 5.26 Å². The summed E-state index contributed by atoms with van der Waals surface area (Å²) < 4.78 is 5.02. The number of esters is 1. The van der Waals surface area contributed by atoms with Crippen molar-refractivity contribution in [2.24, 2.45) is 0 Å². The highest BCUT2D eigenvalue weighted by atomic mass is 32.2. The molecule has 1 aliphatic carbocycles. The number of anilines is 1. The van der Waals surface area contributed by atoms with Crippen LogP contribution in [0, 0.1) is 25.2 Å². The summed E-state index contributed by atoms with van der Waals surface area (Å²) in [7, 11) is 0. The van der Waals surface area contributed by atoms with Crippen LogP contribution in [0.1, 0.15) is 57.5 Å². The summed E-state index contributed by atoms with van der Waals surface area (Å²) in [6.45, 7) is 5.63. The largest absolute Gasteiger partial charge is 0.462 e. The van der Waals surface area contributed by atoms with Crippen molar-refractivity contribution >= 4 is 40.0 Å². The van der Waals surface area contributed by atoms with Gasteiger partial charge in [0.1, 0.15) is 15.9 Å². The average molecular weight is 431 g/mol. The molecular weight excluding hydrogens is 408 g/mol. The van der Waals surface area contributed by atoms with Gasteiger partial charge in [0.25, 0.3) is 0 Å². The summed E-state index contributed by atoms with van der Waals surface area (Å²) >= 11 is 2.33. The molecule has 0 saturated carbocycles. The maximum Gasteiger partial charge on any atom is 0.348 e. The van der Waals surface area contributed by atoms with Crippen molar-refractivity contribution in [2.45, 2.75) is 51.6 Å². The predicted molar refractivity (Wildman–Crippen MR) is 112 cm³/mol. The van der Waals surface area contributed by atoms with Crippen LogP contribution in [-0.4, -0.2) is 34.2 Å². The van der Waals surface area contributed by atoms with Crippen LogP contribution in [0.5, 0.6) is 0 Å². The number of rotatable bonds is 6. The third kappa shape index (κ3) is 4.77. The predicted octanol–water partition coefficient (Wildman–Crippen LogP) is 3.81. The topological polar surface area (TPSA) is 105 Å². The van der Waals surface area contributed by atoms with Crippen LogP contribution in [0.25, 0.3) is 0 Å². The third-order valence-electron chi connectivity index (χ3n) is 4.67. The Bertz CT molecular complexity index is 995. The maximum absolute atomic E-state index is 12.4. The molecule has 29 heavy (non-hydrogen) atoms. The lowest BCUT2D eigenvalue weighted by Gasteiger charge is -2.17. The number of aryl methyl sites for hydroxylation is 2. The molecule has 7 nitrogen and oxygen atoms in total. The van der Waals surface area contributed by atoms with Gasteiger partial charge in [-0.1, -0.05) is 11.8 Å². The van der Waals surface area contributed by atoms with E-state index in [2.05, 4.69) is 21.4 Å². The third-order valence-corrected chi connectivity index (χ3v) is 6.71. The molecule has 0 bridgehead atoms. The van der Waals surface area contributed by atoms with E-state index in [0.717, 1.165) is 42.0 Å². The van der Waals surface area contributed by atoms with Crippen LogP contribution in [0.3, 0.4) is 0 Å². The van der Waals surface area contributed by atoms with Crippen molar-refractivity contribution < 1.29 is 14.3 Å². The van der Waals surface area contributed by atoms with E-state index in [-0.39, 0.29) is 23.8 Å². The quantitative estimate of drug-likeness (QED) is 0.422. The number of hydrogen-bond donors (Lipinski definition) is 1. The van der Waals surface area contributed by atoms with Gasteiger partial charge in [0.2, 0.25) is 5.91 Å². The summed E-state index contributed by atoms with van der Waals surface area (Å²) in [5.41, 5.74) is 4.12. The summed E-state index contributed by atoms with van der Waals surface area (Å²) in [5.74, 6) is -0.643. The first-order valence-corrected chi connectivity index (χ1v) is 11.2. The number of nitrogens with one attached hydrogen (secondary N) is 1. The Morgan fingerprint density at radius 3 is 2.76 bits per heavy atom. The number of carbonyl (C=O) groups is 2. The number of carbonyl (C=O) groups excluding carboxylic acids is 2. The molecule has 0 radical (unpaired) electrons. The molecule has 0 aromatic carbocycles. The van der Waals surface area contributed by atoms with Crippen molar-refractivity contribution in [1.82, 2.24) is 9.97 Å². The highest BCUT2D eigenvalue weighted by Gasteiger charge is 2.22. The number of thioether (sulfide) groups is 1. The molecule has 0 spiro atoms. The van der Waals surface area contributed by atoms with Crippen LogP contribution >= 0.6 is 23.1 Å². The number of hydrogen-bond acceptors (Lipinski definition) is 8. The molecule has 152 valence electrons. The lowest BCUT2D eigenvalue weighted by atomic mass is 9.95. The van der Waals surface area contributed by atoms with Gasteiger partial charge in [-0.2, -0.15) is 5.26 Å². The zero-order valence-electron chi connectivity index (χ0n) is 16.6. The van der Waals surface area contributed by atoms with E-state index in [4.69, 9.17) is 4.74 Å². The second-order valence-corrected chi connectivity index (χ2v) is 8.62. The lowest BCUT2D eigenvalue weighted by Crippen LogP contribution is -2.15. The van der Waals surface area contributed by atoms with Crippen LogP contribution in [-0.2, 0) is 22.4 Å². The summed E-state index contributed by atoms with van der Waals surface area (Å²) in [6, 6.07) is 2.06. The zero-order valence-corrected chi connectivity index (χ0v) is 18.3.